The summed E-state index contributed by atoms with van der Waals surface area (Å²) in [6.45, 7) is 6.86. The molecule has 0 saturated heterocycles. The van der Waals surface area contributed by atoms with Crippen LogP contribution in [0.4, 0.5) is 0 Å². The zero-order chi connectivity index (χ0) is 16.6. The molecule has 8 nitrogen and oxygen atoms in total. The smallest absolute Gasteiger partial charge is 0.323 e. The summed E-state index contributed by atoms with van der Waals surface area (Å²) in [5, 5.41) is 34.8. The standard InChI is InChI=1S/2C6H13NO3.ClH/c2*1-3(2)5(8)4(7)6(9)10;/h2*3-5,8H,7H2,1-2H3,(H,9,10);1H/t4-,5+;4-,5-;/m00./s1. The number of halogens is 1. The van der Waals surface area contributed by atoms with E-state index in [9.17, 15) is 9.59 Å². The Labute approximate surface area is 130 Å². The monoisotopic (exact) mass is 330 g/mol. The maximum Gasteiger partial charge on any atom is 0.323 e. The molecule has 0 radical (unpaired) electrons. The second-order valence-corrected chi connectivity index (χ2v) is 5.20. The largest absolute Gasteiger partial charge is 0.480 e. The Hall–Kier alpha value is -0.930. The topological polar surface area (TPSA) is 167 Å². The molecule has 0 aromatic carbocycles. The SMILES string of the molecule is CC(C)[C@@H](O)[C@H](N)C(=O)O.CC(C)[C@H](O)[C@H](N)C(=O)O.Cl. The summed E-state index contributed by atoms with van der Waals surface area (Å²) >= 11 is 0. The third-order valence-corrected chi connectivity index (χ3v) is 2.67. The molecule has 21 heavy (non-hydrogen) atoms. The molecule has 4 atom stereocenters. The first kappa shape index (κ1) is 25.0. The van der Waals surface area contributed by atoms with Gasteiger partial charge in [-0.3, -0.25) is 9.59 Å². The third-order valence-electron chi connectivity index (χ3n) is 2.67. The van der Waals surface area contributed by atoms with Crippen molar-refractivity contribution in [1.29, 1.82) is 0 Å². The molecule has 0 aromatic heterocycles. The van der Waals surface area contributed by atoms with Crippen molar-refractivity contribution < 1.29 is 30.0 Å². The Morgan fingerprint density at radius 1 is 0.762 bits per heavy atom. The Kier molecular flexibility index (Phi) is 14.0. The maximum absolute atomic E-state index is 10.2. The quantitative estimate of drug-likeness (QED) is 0.370. The molecule has 0 amide bonds. The molecular formula is C12H27ClN2O6. The van der Waals surface area contributed by atoms with Crippen LogP contribution >= 0.6 is 12.4 Å². The molecule has 0 aliphatic rings. The van der Waals surface area contributed by atoms with Gasteiger partial charge in [0.2, 0.25) is 0 Å². The molecule has 128 valence electrons. The van der Waals surface area contributed by atoms with E-state index in [1.165, 1.54) is 0 Å². The third kappa shape index (κ3) is 10.4. The van der Waals surface area contributed by atoms with Crippen molar-refractivity contribution in [2.24, 2.45) is 23.3 Å². The number of aliphatic hydroxyl groups is 2. The maximum atomic E-state index is 10.2. The van der Waals surface area contributed by atoms with Crippen LogP contribution in [0, 0.1) is 11.8 Å². The van der Waals surface area contributed by atoms with Gasteiger partial charge >= 0.3 is 11.9 Å². The second-order valence-electron chi connectivity index (χ2n) is 5.20. The first-order valence-corrected chi connectivity index (χ1v) is 6.26. The highest BCUT2D eigenvalue weighted by molar-refractivity contribution is 5.85. The van der Waals surface area contributed by atoms with Gasteiger partial charge in [0.25, 0.3) is 0 Å². The number of rotatable bonds is 6. The van der Waals surface area contributed by atoms with Crippen molar-refractivity contribution in [2.75, 3.05) is 0 Å². The van der Waals surface area contributed by atoms with Crippen LogP contribution < -0.4 is 11.5 Å². The fourth-order valence-corrected chi connectivity index (χ4v) is 1.12. The lowest BCUT2D eigenvalue weighted by Gasteiger charge is -2.17. The summed E-state index contributed by atoms with van der Waals surface area (Å²) in [7, 11) is 0. The minimum absolute atomic E-state index is 0. The lowest BCUT2D eigenvalue weighted by atomic mass is 10.0. The highest BCUT2D eigenvalue weighted by atomic mass is 35.5. The summed E-state index contributed by atoms with van der Waals surface area (Å²) in [5.41, 5.74) is 10.2. The number of carboxylic acid groups (broad SMARTS) is 2. The molecule has 0 rings (SSSR count). The molecule has 0 aromatic rings. The number of hydrogen-bond donors (Lipinski definition) is 6. The molecule has 0 saturated carbocycles. The molecule has 8 N–H and O–H groups in total. The van der Waals surface area contributed by atoms with Crippen molar-refractivity contribution in [3.63, 3.8) is 0 Å². The highest BCUT2D eigenvalue weighted by Gasteiger charge is 2.24. The van der Waals surface area contributed by atoms with Crippen LogP contribution in [0.3, 0.4) is 0 Å². The number of carboxylic acids is 2. The molecular weight excluding hydrogens is 304 g/mol. The summed E-state index contributed by atoms with van der Waals surface area (Å²) in [6, 6.07) is -2.33. The van der Waals surface area contributed by atoms with Crippen LogP contribution in [0.15, 0.2) is 0 Å². The van der Waals surface area contributed by atoms with Crippen molar-refractivity contribution >= 4 is 24.3 Å². The van der Waals surface area contributed by atoms with Gasteiger partial charge in [-0.1, -0.05) is 27.7 Å². The van der Waals surface area contributed by atoms with Crippen LogP contribution in [0.1, 0.15) is 27.7 Å². The van der Waals surface area contributed by atoms with E-state index in [0.29, 0.717) is 0 Å². The average Bonchev–Trinajstić information content (AvgIpc) is 2.35. The molecule has 0 heterocycles. The molecule has 0 fully saturated rings. The molecule has 0 aliphatic carbocycles. The second kappa shape index (κ2) is 11.7. The lowest BCUT2D eigenvalue weighted by Crippen LogP contribution is -2.44. The Morgan fingerprint density at radius 3 is 1.00 bits per heavy atom. The van der Waals surface area contributed by atoms with Gasteiger partial charge in [-0.15, -0.1) is 12.4 Å². The summed E-state index contributed by atoms with van der Waals surface area (Å²) < 4.78 is 0. The van der Waals surface area contributed by atoms with Gasteiger partial charge in [-0.25, -0.2) is 0 Å². The first-order chi connectivity index (χ1) is 8.93. The molecule has 0 aliphatic heterocycles. The van der Waals surface area contributed by atoms with E-state index in [2.05, 4.69) is 0 Å². The van der Waals surface area contributed by atoms with Gasteiger partial charge in [0, 0.05) is 0 Å². The molecule has 0 spiro atoms. The van der Waals surface area contributed by atoms with E-state index in [4.69, 9.17) is 31.9 Å². The Morgan fingerprint density at radius 2 is 0.952 bits per heavy atom. The summed E-state index contributed by atoms with van der Waals surface area (Å²) in [6.07, 6.45) is -1.92. The lowest BCUT2D eigenvalue weighted by molar-refractivity contribution is -0.143. The molecule has 9 heteroatoms. The zero-order valence-electron chi connectivity index (χ0n) is 12.6. The van der Waals surface area contributed by atoms with Crippen LogP contribution in [0.5, 0.6) is 0 Å². The van der Waals surface area contributed by atoms with Gasteiger partial charge in [-0.2, -0.15) is 0 Å². The number of nitrogens with two attached hydrogens (primary N) is 2. The van der Waals surface area contributed by atoms with Crippen molar-refractivity contribution in [2.45, 2.75) is 52.0 Å². The Bertz CT molecular complexity index is 284. The number of carbonyl (C=O) groups is 2. The van der Waals surface area contributed by atoms with E-state index < -0.39 is 36.2 Å². The van der Waals surface area contributed by atoms with E-state index in [1.807, 2.05) is 0 Å². The Balaban J connectivity index is -0.000000295. The van der Waals surface area contributed by atoms with Crippen molar-refractivity contribution in [3.05, 3.63) is 0 Å². The van der Waals surface area contributed by atoms with E-state index in [-0.39, 0.29) is 24.2 Å². The molecule has 0 unspecified atom stereocenters. The van der Waals surface area contributed by atoms with E-state index in [0.717, 1.165) is 0 Å². The van der Waals surface area contributed by atoms with Gasteiger partial charge in [0.05, 0.1) is 12.2 Å². The fraction of sp³-hybridized carbons (Fsp3) is 0.833. The first-order valence-electron chi connectivity index (χ1n) is 6.26. The van der Waals surface area contributed by atoms with Crippen molar-refractivity contribution in [1.82, 2.24) is 0 Å². The minimum Gasteiger partial charge on any atom is -0.480 e. The minimum atomic E-state index is -1.17. The number of aliphatic hydroxyl groups excluding tert-OH is 2. The predicted octanol–water partition coefficient (Wildman–Crippen LogP) is -0.748. The van der Waals surface area contributed by atoms with Crippen LogP contribution in [0.2, 0.25) is 0 Å². The van der Waals surface area contributed by atoms with Gasteiger partial charge in [0.1, 0.15) is 12.1 Å². The van der Waals surface area contributed by atoms with Gasteiger partial charge < -0.3 is 31.9 Å². The van der Waals surface area contributed by atoms with Crippen LogP contribution in [0.25, 0.3) is 0 Å². The number of hydrogen-bond acceptors (Lipinski definition) is 6. The van der Waals surface area contributed by atoms with E-state index >= 15 is 0 Å². The van der Waals surface area contributed by atoms with Gasteiger partial charge in [-0.05, 0) is 11.8 Å². The van der Waals surface area contributed by atoms with Crippen molar-refractivity contribution in [3.8, 4) is 0 Å². The predicted molar refractivity (Wildman–Crippen MR) is 80.2 cm³/mol. The average molecular weight is 331 g/mol. The molecule has 0 bridgehead atoms. The number of aliphatic carboxylic acids is 2. The summed E-state index contributed by atoms with van der Waals surface area (Å²) in [4.78, 5) is 20.3. The van der Waals surface area contributed by atoms with Crippen LogP contribution in [-0.2, 0) is 9.59 Å². The van der Waals surface area contributed by atoms with Crippen LogP contribution in [-0.4, -0.2) is 56.7 Å². The summed E-state index contributed by atoms with van der Waals surface area (Å²) in [5.74, 6) is -2.57. The zero-order valence-corrected chi connectivity index (χ0v) is 13.4. The highest BCUT2D eigenvalue weighted by Crippen LogP contribution is 2.04. The van der Waals surface area contributed by atoms with E-state index in [1.54, 1.807) is 27.7 Å². The normalized spacial score (nSPS) is 16.1. The van der Waals surface area contributed by atoms with Gasteiger partial charge in [0.15, 0.2) is 0 Å². The fourth-order valence-electron chi connectivity index (χ4n) is 1.12.